The summed E-state index contributed by atoms with van der Waals surface area (Å²) in [6.07, 6.45) is 0. The van der Waals surface area contributed by atoms with Crippen LogP contribution in [0.4, 0.5) is 0 Å². The van der Waals surface area contributed by atoms with Crippen LogP contribution in [0.3, 0.4) is 0 Å². The first-order valence-corrected chi connectivity index (χ1v) is 6.06. The van der Waals surface area contributed by atoms with Crippen LogP contribution in [0.1, 0.15) is 16.5 Å². The monoisotopic (exact) mass is 266 g/mol. The van der Waals surface area contributed by atoms with Crippen molar-refractivity contribution in [1.82, 2.24) is 0 Å². The summed E-state index contributed by atoms with van der Waals surface area (Å²) >= 11 is 12.6. The lowest BCUT2D eigenvalue weighted by Crippen LogP contribution is -1.94. The average molecular weight is 267 g/mol. The number of methoxy groups -OCH3 is 1. The minimum absolute atomic E-state index is 0.241. The third kappa shape index (κ3) is 2.74. The zero-order chi connectivity index (χ0) is 12.3. The van der Waals surface area contributed by atoms with E-state index in [1.54, 1.807) is 13.2 Å². The van der Waals surface area contributed by atoms with E-state index >= 15 is 0 Å². The molecule has 0 aliphatic rings. The van der Waals surface area contributed by atoms with E-state index in [9.17, 15) is 0 Å². The molecule has 0 spiro atoms. The van der Waals surface area contributed by atoms with Crippen LogP contribution in [0.25, 0.3) is 0 Å². The van der Waals surface area contributed by atoms with Crippen molar-refractivity contribution in [3.63, 3.8) is 0 Å². The van der Waals surface area contributed by atoms with E-state index in [4.69, 9.17) is 27.9 Å². The summed E-state index contributed by atoms with van der Waals surface area (Å²) in [7, 11) is 1.61. The number of ether oxygens (including phenoxy) is 1. The molecule has 0 bridgehead atoms. The molecule has 0 aliphatic heterocycles. The number of alkyl halides is 1. The lowest BCUT2D eigenvalue weighted by atomic mass is 10.0. The Morgan fingerprint density at radius 1 is 1.06 bits per heavy atom. The van der Waals surface area contributed by atoms with Gasteiger partial charge in [0.15, 0.2) is 0 Å². The van der Waals surface area contributed by atoms with Crippen molar-refractivity contribution in [1.29, 1.82) is 0 Å². The van der Waals surface area contributed by atoms with E-state index in [2.05, 4.69) is 0 Å². The van der Waals surface area contributed by atoms with Gasteiger partial charge in [0, 0.05) is 5.02 Å². The Kier molecular flexibility index (Phi) is 3.93. The van der Waals surface area contributed by atoms with Gasteiger partial charge in [0.1, 0.15) is 5.75 Å². The lowest BCUT2D eigenvalue weighted by Gasteiger charge is -2.13. The van der Waals surface area contributed by atoms with Crippen LogP contribution in [0, 0.1) is 0 Å². The summed E-state index contributed by atoms with van der Waals surface area (Å²) in [4.78, 5) is 0. The van der Waals surface area contributed by atoms with Crippen molar-refractivity contribution < 1.29 is 4.74 Å². The third-order valence-corrected chi connectivity index (χ3v) is 3.39. The van der Waals surface area contributed by atoms with Gasteiger partial charge in [-0.3, -0.25) is 0 Å². The molecule has 1 atom stereocenters. The van der Waals surface area contributed by atoms with Crippen molar-refractivity contribution in [2.75, 3.05) is 7.11 Å². The Bertz CT molecular complexity index is 497. The Hall–Kier alpha value is -1.18. The first-order chi connectivity index (χ1) is 8.22. The molecule has 0 fully saturated rings. The summed E-state index contributed by atoms with van der Waals surface area (Å²) in [6.45, 7) is 0. The highest BCUT2D eigenvalue weighted by Gasteiger charge is 2.14. The molecular formula is C14H12Cl2O. The number of halogens is 2. The van der Waals surface area contributed by atoms with Crippen LogP contribution in [-0.4, -0.2) is 7.11 Å². The Morgan fingerprint density at radius 2 is 1.76 bits per heavy atom. The van der Waals surface area contributed by atoms with Gasteiger partial charge in [-0.2, -0.15) is 0 Å². The first kappa shape index (κ1) is 12.3. The van der Waals surface area contributed by atoms with Gasteiger partial charge in [0.05, 0.1) is 12.5 Å². The van der Waals surface area contributed by atoms with Crippen LogP contribution < -0.4 is 4.74 Å². The van der Waals surface area contributed by atoms with Gasteiger partial charge in [0.2, 0.25) is 0 Å². The SMILES string of the molecule is COc1ccc(C(Cl)c2ccccc2)c(Cl)c1. The molecule has 0 heterocycles. The van der Waals surface area contributed by atoms with Crippen molar-refractivity contribution in [2.24, 2.45) is 0 Å². The number of hydrogen-bond donors (Lipinski definition) is 0. The second-order valence-corrected chi connectivity index (χ2v) is 4.50. The number of rotatable bonds is 3. The Morgan fingerprint density at radius 3 is 2.35 bits per heavy atom. The molecule has 2 aromatic rings. The molecule has 0 amide bonds. The van der Waals surface area contributed by atoms with Crippen LogP contribution in [0.2, 0.25) is 5.02 Å². The second kappa shape index (κ2) is 5.44. The van der Waals surface area contributed by atoms with Crippen LogP contribution in [0.5, 0.6) is 5.75 Å². The van der Waals surface area contributed by atoms with Gasteiger partial charge >= 0.3 is 0 Å². The standard InChI is InChI=1S/C14H12Cl2O/c1-17-11-7-8-12(13(15)9-11)14(16)10-5-3-2-4-6-10/h2-9,14H,1H3. The van der Waals surface area contributed by atoms with Gasteiger partial charge in [0.25, 0.3) is 0 Å². The fourth-order valence-corrected chi connectivity index (χ4v) is 2.31. The van der Waals surface area contributed by atoms with Crippen LogP contribution in [-0.2, 0) is 0 Å². The van der Waals surface area contributed by atoms with E-state index < -0.39 is 0 Å². The number of benzene rings is 2. The maximum absolute atomic E-state index is 6.41. The molecule has 2 aromatic carbocycles. The Balaban J connectivity index is 2.34. The Labute approximate surface area is 111 Å². The largest absolute Gasteiger partial charge is 0.497 e. The fourth-order valence-electron chi connectivity index (χ4n) is 1.64. The first-order valence-electron chi connectivity index (χ1n) is 5.25. The molecule has 0 saturated carbocycles. The highest BCUT2D eigenvalue weighted by Crippen LogP contribution is 2.35. The molecule has 2 rings (SSSR count). The molecule has 3 heteroatoms. The van der Waals surface area contributed by atoms with E-state index in [-0.39, 0.29) is 5.38 Å². The second-order valence-electron chi connectivity index (χ2n) is 3.66. The van der Waals surface area contributed by atoms with E-state index in [0.29, 0.717) is 5.02 Å². The topological polar surface area (TPSA) is 9.23 Å². The summed E-state index contributed by atoms with van der Waals surface area (Å²) in [6, 6.07) is 15.4. The van der Waals surface area contributed by atoms with Crippen LogP contribution >= 0.6 is 23.2 Å². The molecule has 0 radical (unpaired) electrons. The maximum Gasteiger partial charge on any atom is 0.120 e. The molecular weight excluding hydrogens is 255 g/mol. The highest BCUT2D eigenvalue weighted by molar-refractivity contribution is 6.33. The van der Waals surface area contributed by atoms with Crippen LogP contribution in [0.15, 0.2) is 48.5 Å². The minimum atomic E-state index is -0.241. The number of hydrogen-bond acceptors (Lipinski definition) is 1. The third-order valence-electron chi connectivity index (χ3n) is 2.57. The van der Waals surface area contributed by atoms with Crippen molar-refractivity contribution >= 4 is 23.2 Å². The summed E-state index contributed by atoms with van der Waals surface area (Å²) in [5, 5.41) is 0.378. The maximum atomic E-state index is 6.41. The van der Waals surface area contributed by atoms with Gasteiger partial charge in [-0.05, 0) is 23.3 Å². The van der Waals surface area contributed by atoms with Gasteiger partial charge in [-0.15, -0.1) is 11.6 Å². The molecule has 88 valence electrons. The smallest absolute Gasteiger partial charge is 0.120 e. The quantitative estimate of drug-likeness (QED) is 0.734. The molecule has 0 N–H and O–H groups in total. The van der Waals surface area contributed by atoms with Crippen molar-refractivity contribution in [3.05, 3.63) is 64.7 Å². The van der Waals surface area contributed by atoms with E-state index in [1.165, 1.54) is 0 Å². The van der Waals surface area contributed by atoms with Gasteiger partial charge < -0.3 is 4.74 Å². The minimum Gasteiger partial charge on any atom is -0.497 e. The molecule has 17 heavy (non-hydrogen) atoms. The van der Waals surface area contributed by atoms with Gasteiger partial charge in [-0.25, -0.2) is 0 Å². The predicted octanol–water partition coefficient (Wildman–Crippen LogP) is 4.68. The highest BCUT2D eigenvalue weighted by atomic mass is 35.5. The average Bonchev–Trinajstić information content (AvgIpc) is 2.39. The molecule has 0 aromatic heterocycles. The predicted molar refractivity (Wildman–Crippen MR) is 72.1 cm³/mol. The summed E-state index contributed by atoms with van der Waals surface area (Å²) in [5.74, 6) is 0.732. The van der Waals surface area contributed by atoms with E-state index in [1.807, 2.05) is 42.5 Å². The van der Waals surface area contributed by atoms with Crippen molar-refractivity contribution in [2.45, 2.75) is 5.38 Å². The van der Waals surface area contributed by atoms with E-state index in [0.717, 1.165) is 16.9 Å². The normalized spacial score (nSPS) is 12.2. The summed E-state index contributed by atoms with van der Waals surface area (Å²) in [5.41, 5.74) is 1.92. The van der Waals surface area contributed by atoms with Gasteiger partial charge in [-0.1, -0.05) is 48.0 Å². The zero-order valence-corrected chi connectivity index (χ0v) is 10.9. The fraction of sp³-hybridized carbons (Fsp3) is 0.143. The molecule has 0 saturated heterocycles. The molecule has 1 nitrogen and oxygen atoms in total. The molecule has 1 unspecified atom stereocenters. The zero-order valence-electron chi connectivity index (χ0n) is 9.36. The lowest BCUT2D eigenvalue weighted by molar-refractivity contribution is 0.414. The summed E-state index contributed by atoms with van der Waals surface area (Å²) < 4.78 is 5.11. The molecule has 0 aliphatic carbocycles. The van der Waals surface area contributed by atoms with Crippen molar-refractivity contribution in [3.8, 4) is 5.75 Å².